The molecule has 0 spiro atoms. The summed E-state index contributed by atoms with van der Waals surface area (Å²) in [6.07, 6.45) is 10.7. The number of halogens is 1. The van der Waals surface area contributed by atoms with Crippen molar-refractivity contribution in [1.29, 1.82) is 0 Å². The van der Waals surface area contributed by atoms with Crippen molar-refractivity contribution >= 4 is 11.8 Å². The van der Waals surface area contributed by atoms with Gasteiger partial charge in [0.15, 0.2) is 0 Å². The number of hydrogen-bond donors (Lipinski definition) is 2. The smallest absolute Gasteiger partial charge is 0.120 e. The van der Waals surface area contributed by atoms with E-state index in [1.54, 1.807) is 4.42 Å². The molecule has 1 aliphatic carbocycles. The highest BCUT2D eigenvalue weighted by molar-refractivity contribution is 6.14. The maximum atomic E-state index is 9.79. The van der Waals surface area contributed by atoms with Crippen molar-refractivity contribution < 1.29 is 9.84 Å². The number of nitrogens with zero attached hydrogens (tertiary/aromatic N) is 4. The van der Waals surface area contributed by atoms with Gasteiger partial charge in [0.05, 0.1) is 30.1 Å². The molecule has 0 amide bonds. The van der Waals surface area contributed by atoms with Gasteiger partial charge in [-0.3, -0.25) is 14.4 Å². The average Bonchev–Trinajstić information content (AvgIpc) is 3.17. The second-order valence-corrected chi connectivity index (χ2v) is 8.21. The zero-order valence-electron chi connectivity index (χ0n) is 14.4. The first kappa shape index (κ1) is 16.1. The minimum atomic E-state index is -0.142. The number of ether oxygens (including phenoxy) is 1. The van der Waals surface area contributed by atoms with E-state index in [-0.39, 0.29) is 6.10 Å². The topological polar surface area (TPSA) is 54.5 Å². The molecule has 25 heavy (non-hydrogen) atoms. The van der Waals surface area contributed by atoms with E-state index in [0.717, 1.165) is 57.3 Å². The molecule has 8 heteroatoms. The Balaban J connectivity index is 1.34. The summed E-state index contributed by atoms with van der Waals surface area (Å²) < 4.78 is 7.72. The van der Waals surface area contributed by atoms with Crippen LogP contribution in [-0.4, -0.2) is 68.7 Å². The lowest BCUT2D eigenvalue weighted by atomic mass is 9.92. The third-order valence-electron chi connectivity index (χ3n) is 6.07. The van der Waals surface area contributed by atoms with Crippen molar-refractivity contribution in [3.8, 4) is 0 Å². The second-order valence-electron chi connectivity index (χ2n) is 7.78. The summed E-state index contributed by atoms with van der Waals surface area (Å²) in [5.74, 6) is 0. The third kappa shape index (κ3) is 2.87. The molecule has 4 heterocycles. The molecule has 1 saturated carbocycles. The first-order chi connectivity index (χ1) is 12.2. The molecule has 4 aliphatic heterocycles. The minimum absolute atomic E-state index is 0.142. The van der Waals surface area contributed by atoms with Gasteiger partial charge in [0.2, 0.25) is 0 Å². The quantitative estimate of drug-likeness (QED) is 0.713. The van der Waals surface area contributed by atoms with E-state index in [0.29, 0.717) is 24.9 Å². The predicted molar refractivity (Wildman–Crippen MR) is 93.3 cm³/mol. The van der Waals surface area contributed by atoms with Gasteiger partial charge >= 0.3 is 0 Å². The van der Waals surface area contributed by atoms with Gasteiger partial charge in [-0.25, -0.2) is 5.01 Å². The standard InChI is InChI=1S/C17H26ClN5O2/c18-20-10-17-16(7-19-23(17)12-1-3-13(24)4-2-12)22(11-20)21-8-14-5-6-15(9-21)25-14/h7,10,12-15,19,24H,1-6,8-9,11H2. The van der Waals surface area contributed by atoms with Crippen molar-refractivity contribution in [3.63, 3.8) is 0 Å². The van der Waals surface area contributed by atoms with E-state index in [1.165, 1.54) is 5.70 Å². The molecule has 7 nitrogen and oxygen atoms in total. The van der Waals surface area contributed by atoms with Gasteiger partial charge < -0.3 is 15.3 Å². The Morgan fingerprint density at radius 2 is 1.76 bits per heavy atom. The lowest BCUT2D eigenvalue weighted by Gasteiger charge is -2.45. The van der Waals surface area contributed by atoms with E-state index in [4.69, 9.17) is 16.5 Å². The highest BCUT2D eigenvalue weighted by Gasteiger charge is 2.41. The Morgan fingerprint density at radius 3 is 2.48 bits per heavy atom. The van der Waals surface area contributed by atoms with Gasteiger partial charge in [0.1, 0.15) is 12.4 Å². The summed E-state index contributed by atoms with van der Waals surface area (Å²) in [4.78, 5) is 0. The fraction of sp³-hybridized carbons (Fsp3) is 0.765. The number of rotatable bonds is 2. The number of fused-ring (bicyclic) bond motifs is 3. The lowest BCUT2D eigenvalue weighted by molar-refractivity contribution is -0.123. The number of aliphatic hydroxyl groups is 1. The molecule has 2 unspecified atom stereocenters. The van der Waals surface area contributed by atoms with Crippen LogP contribution in [0.3, 0.4) is 0 Å². The van der Waals surface area contributed by atoms with Crippen LogP contribution in [0.5, 0.6) is 0 Å². The van der Waals surface area contributed by atoms with Crippen LogP contribution in [0.2, 0.25) is 0 Å². The van der Waals surface area contributed by atoms with Crippen LogP contribution in [-0.2, 0) is 4.74 Å². The maximum Gasteiger partial charge on any atom is 0.120 e. The zero-order valence-corrected chi connectivity index (χ0v) is 15.1. The van der Waals surface area contributed by atoms with Crippen molar-refractivity contribution in [2.45, 2.75) is 62.9 Å². The molecule has 2 atom stereocenters. The van der Waals surface area contributed by atoms with Gasteiger partial charge in [-0.15, -0.1) is 0 Å². The summed E-state index contributed by atoms with van der Waals surface area (Å²) in [7, 11) is 0. The van der Waals surface area contributed by atoms with Crippen LogP contribution in [0.25, 0.3) is 0 Å². The van der Waals surface area contributed by atoms with Crippen LogP contribution in [0.1, 0.15) is 38.5 Å². The fourth-order valence-electron chi connectivity index (χ4n) is 4.76. The molecule has 0 radical (unpaired) electrons. The number of aliphatic hydroxyl groups excluding tert-OH is 1. The van der Waals surface area contributed by atoms with Crippen LogP contribution in [0, 0.1) is 0 Å². The average molecular weight is 368 g/mol. The first-order valence-electron chi connectivity index (χ1n) is 9.43. The monoisotopic (exact) mass is 367 g/mol. The predicted octanol–water partition coefficient (Wildman–Crippen LogP) is 1.30. The molecule has 2 N–H and O–H groups in total. The Labute approximate surface area is 153 Å². The van der Waals surface area contributed by atoms with Crippen molar-refractivity contribution in [2.75, 3.05) is 19.8 Å². The zero-order chi connectivity index (χ0) is 17.0. The van der Waals surface area contributed by atoms with Gasteiger partial charge in [0.25, 0.3) is 0 Å². The van der Waals surface area contributed by atoms with Gasteiger partial charge in [0, 0.05) is 37.3 Å². The highest BCUT2D eigenvalue weighted by atomic mass is 35.5. The molecule has 5 rings (SSSR count). The van der Waals surface area contributed by atoms with Crippen molar-refractivity contribution in [2.24, 2.45) is 0 Å². The summed E-state index contributed by atoms with van der Waals surface area (Å²) in [5, 5.41) is 16.7. The van der Waals surface area contributed by atoms with Crippen LogP contribution < -0.4 is 5.43 Å². The molecule has 3 fully saturated rings. The van der Waals surface area contributed by atoms with Crippen molar-refractivity contribution in [1.82, 2.24) is 24.9 Å². The summed E-state index contributed by atoms with van der Waals surface area (Å²) in [6, 6.07) is 0.397. The number of nitrogens with one attached hydrogen (secondary N) is 1. The molecule has 138 valence electrons. The highest BCUT2D eigenvalue weighted by Crippen LogP contribution is 2.36. The van der Waals surface area contributed by atoms with Gasteiger partial charge in [-0.1, -0.05) is 0 Å². The molecule has 2 saturated heterocycles. The Hall–Kier alpha value is -1.15. The van der Waals surface area contributed by atoms with Gasteiger partial charge in [-0.05, 0) is 38.5 Å². The van der Waals surface area contributed by atoms with E-state index >= 15 is 0 Å². The normalized spacial score (nSPS) is 38.4. The first-order valence-corrected chi connectivity index (χ1v) is 9.77. The number of morpholine rings is 1. The Bertz CT molecular complexity index is 580. The number of hydrazine groups is 2. The molecular formula is C17H26ClN5O2. The van der Waals surface area contributed by atoms with Crippen LogP contribution >= 0.6 is 11.8 Å². The van der Waals surface area contributed by atoms with Crippen molar-refractivity contribution in [3.05, 3.63) is 23.8 Å². The summed E-state index contributed by atoms with van der Waals surface area (Å²) in [6.45, 7) is 2.51. The van der Waals surface area contributed by atoms with E-state index in [9.17, 15) is 5.11 Å². The molecule has 0 aromatic carbocycles. The minimum Gasteiger partial charge on any atom is -0.393 e. The molecule has 0 aromatic rings. The van der Waals surface area contributed by atoms with Crippen LogP contribution in [0.15, 0.2) is 23.8 Å². The molecule has 0 aromatic heterocycles. The molecular weight excluding hydrogens is 342 g/mol. The molecule has 5 aliphatic rings. The Morgan fingerprint density at radius 1 is 1.04 bits per heavy atom. The van der Waals surface area contributed by atoms with E-state index in [1.807, 2.05) is 6.20 Å². The van der Waals surface area contributed by atoms with Gasteiger partial charge in [-0.2, -0.15) is 0 Å². The third-order valence-corrected chi connectivity index (χ3v) is 6.27. The lowest BCUT2D eigenvalue weighted by Crippen LogP contribution is -2.55. The number of hydrogen-bond acceptors (Lipinski definition) is 7. The summed E-state index contributed by atoms with van der Waals surface area (Å²) >= 11 is 6.45. The van der Waals surface area contributed by atoms with E-state index < -0.39 is 0 Å². The maximum absolute atomic E-state index is 9.79. The second kappa shape index (κ2) is 6.23. The fourth-order valence-corrected chi connectivity index (χ4v) is 4.95. The SMILES string of the molecule is OC1CCC(N2NC=C3C2=CN(Cl)CN3N2CC3CCC(C2)O3)CC1. The van der Waals surface area contributed by atoms with E-state index in [2.05, 4.69) is 26.7 Å². The Kier molecular flexibility index (Phi) is 4.00. The summed E-state index contributed by atoms with van der Waals surface area (Å²) in [5.41, 5.74) is 5.76. The molecule has 2 bridgehead atoms. The largest absolute Gasteiger partial charge is 0.393 e. The van der Waals surface area contributed by atoms with Crippen LogP contribution in [0.4, 0.5) is 0 Å².